The first-order valence-corrected chi connectivity index (χ1v) is 7.46. The van der Waals surface area contributed by atoms with E-state index < -0.39 is 6.10 Å². The average Bonchev–Trinajstić information content (AvgIpc) is 3.30. The molecule has 6 heteroatoms. The molecule has 1 N–H and O–H groups in total. The molecule has 2 amide bonds. The van der Waals surface area contributed by atoms with Gasteiger partial charge in [0.25, 0.3) is 5.91 Å². The van der Waals surface area contributed by atoms with Crippen LogP contribution in [0.1, 0.15) is 32.3 Å². The molecule has 0 bridgehead atoms. The lowest BCUT2D eigenvalue weighted by Gasteiger charge is -2.30. The maximum atomic E-state index is 12.3. The molecule has 0 aromatic heterocycles. The highest BCUT2D eigenvalue weighted by molar-refractivity contribution is 6.02. The number of carbonyl (C=O) groups is 2. The number of rotatable bonds is 4. The van der Waals surface area contributed by atoms with Crippen LogP contribution in [0.5, 0.6) is 0 Å². The fourth-order valence-corrected chi connectivity index (χ4v) is 2.43. The number of hydrogen-bond donors (Lipinski definition) is 1. The Morgan fingerprint density at radius 3 is 2.64 bits per heavy atom. The van der Waals surface area contributed by atoms with Crippen LogP contribution in [0.3, 0.4) is 0 Å². The molecule has 0 saturated heterocycles. The molecular weight excluding hydrogens is 282 g/mol. The maximum absolute atomic E-state index is 12.3. The van der Waals surface area contributed by atoms with Crippen molar-refractivity contribution in [2.75, 3.05) is 5.32 Å². The lowest BCUT2D eigenvalue weighted by molar-refractivity contribution is -0.142. The second-order valence-electron chi connectivity index (χ2n) is 5.77. The van der Waals surface area contributed by atoms with Gasteiger partial charge >= 0.3 is 0 Å². The average molecular weight is 301 g/mol. The Labute approximate surface area is 129 Å². The van der Waals surface area contributed by atoms with Gasteiger partial charge in [-0.2, -0.15) is 0 Å². The predicted octanol–water partition coefficient (Wildman–Crippen LogP) is 2.12. The van der Waals surface area contributed by atoms with Crippen molar-refractivity contribution in [1.82, 2.24) is 4.90 Å². The molecule has 6 nitrogen and oxygen atoms in total. The van der Waals surface area contributed by atoms with Crippen molar-refractivity contribution in [3.8, 4) is 0 Å². The quantitative estimate of drug-likeness (QED) is 0.926. The van der Waals surface area contributed by atoms with Crippen LogP contribution < -0.4 is 5.32 Å². The third-order valence-corrected chi connectivity index (χ3v) is 3.75. The molecular formula is C16H19N3O3. The van der Waals surface area contributed by atoms with Crippen molar-refractivity contribution in [1.29, 1.82) is 0 Å². The molecule has 2 aliphatic rings. The number of hydrogen-bond acceptors (Lipinski definition) is 4. The molecule has 1 aromatic rings. The van der Waals surface area contributed by atoms with Gasteiger partial charge in [-0.1, -0.05) is 17.3 Å². The zero-order valence-electron chi connectivity index (χ0n) is 12.7. The minimum atomic E-state index is -0.541. The summed E-state index contributed by atoms with van der Waals surface area (Å²) in [5, 5.41) is 6.85. The monoisotopic (exact) mass is 301 g/mol. The van der Waals surface area contributed by atoms with Crippen LogP contribution >= 0.6 is 0 Å². The van der Waals surface area contributed by atoms with Gasteiger partial charge in [-0.15, -0.1) is 0 Å². The Morgan fingerprint density at radius 2 is 2.05 bits per heavy atom. The molecule has 22 heavy (non-hydrogen) atoms. The van der Waals surface area contributed by atoms with Crippen LogP contribution in [0.2, 0.25) is 0 Å². The van der Waals surface area contributed by atoms with E-state index in [4.69, 9.17) is 4.84 Å². The molecule has 1 fully saturated rings. The zero-order chi connectivity index (χ0) is 15.7. The first kappa shape index (κ1) is 14.6. The fraction of sp³-hybridized carbons (Fsp3) is 0.438. The lowest BCUT2D eigenvalue weighted by Crippen LogP contribution is -2.46. The number of benzene rings is 1. The van der Waals surface area contributed by atoms with E-state index in [0.717, 1.165) is 29.9 Å². The van der Waals surface area contributed by atoms with Crippen LogP contribution in [0, 0.1) is 5.92 Å². The van der Waals surface area contributed by atoms with E-state index in [1.807, 2.05) is 24.3 Å². The molecule has 1 saturated carbocycles. The number of amides is 2. The highest BCUT2D eigenvalue weighted by Gasteiger charge is 2.39. The van der Waals surface area contributed by atoms with Crippen molar-refractivity contribution in [2.45, 2.75) is 39.3 Å². The van der Waals surface area contributed by atoms with Gasteiger partial charge in [0.1, 0.15) is 0 Å². The van der Waals surface area contributed by atoms with Crippen LogP contribution in [0.25, 0.3) is 0 Å². The van der Waals surface area contributed by atoms with Crippen molar-refractivity contribution >= 4 is 23.3 Å². The molecule has 1 aliphatic heterocycles. The predicted molar refractivity (Wildman–Crippen MR) is 82.0 cm³/mol. The highest BCUT2D eigenvalue weighted by Crippen LogP contribution is 2.34. The van der Waals surface area contributed by atoms with Crippen LogP contribution in [0.4, 0.5) is 5.69 Å². The lowest BCUT2D eigenvalue weighted by atomic mass is 10.1. The van der Waals surface area contributed by atoms with Crippen molar-refractivity contribution in [3.63, 3.8) is 0 Å². The van der Waals surface area contributed by atoms with Gasteiger partial charge in [0.15, 0.2) is 5.84 Å². The molecule has 1 aliphatic carbocycles. The number of carbonyl (C=O) groups excluding carboxylic acids is 2. The first-order chi connectivity index (χ1) is 10.5. The van der Waals surface area contributed by atoms with E-state index in [2.05, 4.69) is 10.5 Å². The first-order valence-electron chi connectivity index (χ1n) is 7.46. The van der Waals surface area contributed by atoms with Gasteiger partial charge in [0, 0.05) is 18.5 Å². The molecule has 0 radical (unpaired) electrons. The summed E-state index contributed by atoms with van der Waals surface area (Å²) in [7, 11) is 0. The SMILES string of the molecule is CC(=O)Nc1ccc(CN2C(=O)C(C)ON=C2C2CC2)cc1. The molecule has 3 rings (SSSR count). The van der Waals surface area contributed by atoms with Crippen molar-refractivity contribution < 1.29 is 14.4 Å². The number of anilines is 1. The maximum Gasteiger partial charge on any atom is 0.271 e. The summed E-state index contributed by atoms with van der Waals surface area (Å²) in [6.07, 6.45) is 1.57. The standard InChI is InChI=1S/C16H19N3O3/c1-10-16(21)19(15(18-22-10)13-5-6-13)9-12-3-7-14(8-4-12)17-11(2)20/h3-4,7-8,10,13H,5-6,9H2,1-2H3,(H,17,20). The summed E-state index contributed by atoms with van der Waals surface area (Å²) in [6.45, 7) is 3.66. The summed E-state index contributed by atoms with van der Waals surface area (Å²) >= 11 is 0. The van der Waals surface area contributed by atoms with Gasteiger partial charge in [-0.05, 0) is 37.5 Å². The molecule has 1 heterocycles. The third-order valence-electron chi connectivity index (χ3n) is 3.75. The van der Waals surface area contributed by atoms with E-state index in [1.54, 1.807) is 11.8 Å². The van der Waals surface area contributed by atoms with E-state index in [-0.39, 0.29) is 11.8 Å². The molecule has 0 spiro atoms. The van der Waals surface area contributed by atoms with E-state index in [0.29, 0.717) is 12.5 Å². The van der Waals surface area contributed by atoms with Gasteiger partial charge in [-0.3, -0.25) is 14.5 Å². The van der Waals surface area contributed by atoms with Crippen molar-refractivity contribution in [2.24, 2.45) is 11.1 Å². The largest absolute Gasteiger partial charge is 0.381 e. The summed E-state index contributed by atoms with van der Waals surface area (Å²) in [5.41, 5.74) is 1.74. The summed E-state index contributed by atoms with van der Waals surface area (Å²) in [4.78, 5) is 30.3. The van der Waals surface area contributed by atoms with Gasteiger partial charge in [0.2, 0.25) is 12.0 Å². The molecule has 116 valence electrons. The van der Waals surface area contributed by atoms with Gasteiger partial charge in [-0.25, -0.2) is 0 Å². The highest BCUT2D eigenvalue weighted by atomic mass is 16.6. The van der Waals surface area contributed by atoms with Crippen LogP contribution in [-0.4, -0.2) is 28.7 Å². The summed E-state index contributed by atoms with van der Waals surface area (Å²) < 4.78 is 0. The Bertz CT molecular complexity index is 620. The van der Waals surface area contributed by atoms with E-state index in [9.17, 15) is 9.59 Å². The summed E-state index contributed by atoms with van der Waals surface area (Å²) in [6, 6.07) is 7.48. The Hall–Kier alpha value is -2.37. The number of nitrogens with zero attached hydrogens (tertiary/aromatic N) is 2. The number of oxime groups is 1. The van der Waals surface area contributed by atoms with Crippen LogP contribution in [0.15, 0.2) is 29.4 Å². The number of amidine groups is 1. The van der Waals surface area contributed by atoms with E-state index in [1.165, 1.54) is 6.92 Å². The zero-order valence-corrected chi connectivity index (χ0v) is 12.7. The minimum absolute atomic E-state index is 0.0529. The Kier molecular flexibility index (Phi) is 3.83. The third kappa shape index (κ3) is 3.10. The van der Waals surface area contributed by atoms with Crippen molar-refractivity contribution in [3.05, 3.63) is 29.8 Å². The second-order valence-corrected chi connectivity index (χ2v) is 5.77. The number of nitrogens with one attached hydrogen (secondary N) is 1. The summed E-state index contributed by atoms with van der Waals surface area (Å²) in [5.74, 6) is 0.931. The molecule has 1 aromatic carbocycles. The van der Waals surface area contributed by atoms with Crippen LogP contribution in [-0.2, 0) is 21.0 Å². The Balaban J connectivity index is 1.75. The smallest absolute Gasteiger partial charge is 0.271 e. The minimum Gasteiger partial charge on any atom is -0.381 e. The topological polar surface area (TPSA) is 71.0 Å². The fourth-order valence-electron chi connectivity index (χ4n) is 2.43. The van der Waals surface area contributed by atoms with E-state index >= 15 is 0 Å². The Morgan fingerprint density at radius 1 is 1.36 bits per heavy atom. The molecule has 1 atom stereocenters. The van der Waals surface area contributed by atoms with Gasteiger partial charge in [0.05, 0.1) is 6.54 Å². The van der Waals surface area contributed by atoms with Gasteiger partial charge < -0.3 is 10.2 Å². The normalized spacial score (nSPS) is 21.2. The second kappa shape index (κ2) is 5.79. The molecule has 1 unspecified atom stereocenters.